The Labute approximate surface area is 136 Å². The van der Waals surface area contributed by atoms with Crippen molar-refractivity contribution in [3.05, 3.63) is 63.6 Å². The molecule has 0 aliphatic carbocycles. The van der Waals surface area contributed by atoms with Crippen molar-refractivity contribution in [2.24, 2.45) is 0 Å². The Morgan fingerprint density at radius 3 is 2.43 bits per heavy atom. The minimum Gasteiger partial charge on any atom is -0.465 e. The van der Waals surface area contributed by atoms with E-state index in [9.17, 15) is 9.59 Å². The fraction of sp³-hybridized carbons (Fsp3) is 0.0667. The van der Waals surface area contributed by atoms with Gasteiger partial charge in [0.15, 0.2) is 0 Å². The van der Waals surface area contributed by atoms with Crippen LogP contribution in [0.5, 0.6) is 0 Å². The average molecular weight is 341 g/mol. The Morgan fingerprint density at radius 2 is 1.76 bits per heavy atom. The second-order valence-corrected chi connectivity index (χ2v) is 5.84. The maximum atomic E-state index is 12.2. The first-order valence-electron chi connectivity index (χ1n) is 5.87. The molecule has 0 atom stereocenters. The van der Waals surface area contributed by atoms with Crippen LogP contribution in [0.4, 0.5) is 0 Å². The molecular weight excluding hydrogens is 331 g/mol. The van der Waals surface area contributed by atoms with Gasteiger partial charge < -0.3 is 4.74 Å². The maximum absolute atomic E-state index is 12.2. The van der Waals surface area contributed by atoms with Crippen molar-refractivity contribution in [1.29, 1.82) is 0 Å². The molecule has 2 aromatic carbocycles. The van der Waals surface area contributed by atoms with E-state index in [4.69, 9.17) is 27.9 Å². The van der Waals surface area contributed by atoms with Crippen LogP contribution in [0.3, 0.4) is 0 Å². The number of hydrogen-bond acceptors (Lipinski definition) is 4. The van der Waals surface area contributed by atoms with E-state index in [0.29, 0.717) is 26.1 Å². The number of carbonyl (C=O) groups excluding carboxylic acids is 2. The predicted octanol–water partition coefficient (Wildman–Crippen LogP) is 4.71. The maximum Gasteiger partial charge on any atom is 0.339 e. The van der Waals surface area contributed by atoms with Gasteiger partial charge in [0.2, 0.25) is 5.12 Å². The summed E-state index contributed by atoms with van der Waals surface area (Å²) in [6, 6.07) is 11.4. The van der Waals surface area contributed by atoms with E-state index in [-0.39, 0.29) is 5.12 Å². The Hall–Kier alpha value is -1.49. The molecule has 0 radical (unpaired) electrons. The fourth-order valence-corrected chi connectivity index (χ4v) is 2.77. The molecule has 0 saturated heterocycles. The third-order valence-corrected chi connectivity index (χ3v) is 4.39. The normalized spacial score (nSPS) is 10.2. The van der Waals surface area contributed by atoms with Crippen LogP contribution in [0.25, 0.3) is 0 Å². The highest BCUT2D eigenvalue weighted by Crippen LogP contribution is 2.29. The SMILES string of the molecule is COC(=O)c1ccccc1SC(=O)c1ccc(Cl)c(Cl)c1. The van der Waals surface area contributed by atoms with Crippen molar-refractivity contribution in [2.45, 2.75) is 4.90 Å². The Morgan fingerprint density at radius 1 is 1.05 bits per heavy atom. The second-order valence-electron chi connectivity index (χ2n) is 4.01. The monoisotopic (exact) mass is 340 g/mol. The summed E-state index contributed by atoms with van der Waals surface area (Å²) in [4.78, 5) is 24.4. The lowest BCUT2D eigenvalue weighted by Gasteiger charge is -2.07. The molecule has 21 heavy (non-hydrogen) atoms. The van der Waals surface area contributed by atoms with E-state index in [1.807, 2.05) is 0 Å². The van der Waals surface area contributed by atoms with Crippen molar-refractivity contribution in [3.8, 4) is 0 Å². The number of methoxy groups -OCH3 is 1. The van der Waals surface area contributed by atoms with Gasteiger partial charge in [-0.05, 0) is 42.1 Å². The first kappa shape index (κ1) is 15.9. The molecule has 0 saturated carbocycles. The number of ether oxygens (including phenoxy) is 1. The van der Waals surface area contributed by atoms with Crippen LogP contribution in [-0.4, -0.2) is 18.2 Å². The zero-order valence-electron chi connectivity index (χ0n) is 10.9. The van der Waals surface area contributed by atoms with Crippen LogP contribution in [0.15, 0.2) is 47.4 Å². The molecule has 0 unspecified atom stereocenters. The molecule has 0 spiro atoms. The van der Waals surface area contributed by atoms with Gasteiger partial charge in [0.25, 0.3) is 0 Å². The van der Waals surface area contributed by atoms with Gasteiger partial charge in [0.1, 0.15) is 0 Å². The summed E-state index contributed by atoms with van der Waals surface area (Å²) < 4.78 is 4.70. The van der Waals surface area contributed by atoms with E-state index in [1.54, 1.807) is 36.4 Å². The van der Waals surface area contributed by atoms with Gasteiger partial charge >= 0.3 is 5.97 Å². The molecule has 108 valence electrons. The van der Waals surface area contributed by atoms with Gasteiger partial charge in [-0.1, -0.05) is 35.3 Å². The molecule has 6 heteroatoms. The first-order chi connectivity index (χ1) is 10.0. The summed E-state index contributed by atoms with van der Waals surface area (Å²) in [6.45, 7) is 0. The molecule has 0 amide bonds. The summed E-state index contributed by atoms with van der Waals surface area (Å²) in [7, 11) is 1.30. The van der Waals surface area contributed by atoms with E-state index in [1.165, 1.54) is 13.2 Å². The minimum absolute atomic E-state index is 0.232. The lowest BCUT2D eigenvalue weighted by atomic mass is 10.2. The van der Waals surface area contributed by atoms with Gasteiger partial charge in [-0.15, -0.1) is 0 Å². The lowest BCUT2D eigenvalue weighted by molar-refractivity contribution is 0.0597. The highest BCUT2D eigenvalue weighted by atomic mass is 35.5. The molecule has 0 aromatic heterocycles. The highest BCUT2D eigenvalue weighted by Gasteiger charge is 2.16. The van der Waals surface area contributed by atoms with Crippen LogP contribution >= 0.6 is 35.0 Å². The fourth-order valence-electron chi connectivity index (χ4n) is 1.62. The van der Waals surface area contributed by atoms with Crippen LogP contribution in [-0.2, 0) is 4.74 Å². The molecule has 2 rings (SSSR count). The summed E-state index contributed by atoms with van der Waals surface area (Å²) >= 11 is 12.7. The summed E-state index contributed by atoms with van der Waals surface area (Å²) in [5.74, 6) is -0.486. The largest absolute Gasteiger partial charge is 0.465 e. The lowest BCUT2D eigenvalue weighted by Crippen LogP contribution is -2.04. The quantitative estimate of drug-likeness (QED) is 0.599. The van der Waals surface area contributed by atoms with Crippen molar-refractivity contribution >= 4 is 46.0 Å². The van der Waals surface area contributed by atoms with Gasteiger partial charge in [-0.25, -0.2) is 4.79 Å². The predicted molar refractivity (Wildman–Crippen MR) is 84.4 cm³/mol. The van der Waals surface area contributed by atoms with Crippen LogP contribution in [0.2, 0.25) is 10.0 Å². The Bertz CT molecular complexity index is 701. The second kappa shape index (κ2) is 6.98. The molecule has 0 heterocycles. The van der Waals surface area contributed by atoms with Gasteiger partial charge in [-0.2, -0.15) is 0 Å². The first-order valence-corrected chi connectivity index (χ1v) is 7.44. The van der Waals surface area contributed by atoms with Gasteiger partial charge in [0.05, 0.1) is 22.7 Å². The molecule has 0 bridgehead atoms. The van der Waals surface area contributed by atoms with Gasteiger partial charge in [-0.3, -0.25) is 4.79 Å². The van der Waals surface area contributed by atoms with E-state index in [0.717, 1.165) is 11.8 Å². The van der Waals surface area contributed by atoms with Gasteiger partial charge in [0, 0.05) is 10.5 Å². The van der Waals surface area contributed by atoms with Crippen LogP contribution in [0.1, 0.15) is 20.7 Å². The zero-order chi connectivity index (χ0) is 15.4. The van der Waals surface area contributed by atoms with E-state index in [2.05, 4.69) is 0 Å². The van der Waals surface area contributed by atoms with Crippen molar-refractivity contribution in [2.75, 3.05) is 7.11 Å². The highest BCUT2D eigenvalue weighted by molar-refractivity contribution is 8.14. The van der Waals surface area contributed by atoms with Crippen molar-refractivity contribution < 1.29 is 14.3 Å². The number of esters is 1. The Kier molecular flexibility index (Phi) is 5.28. The minimum atomic E-state index is -0.486. The molecule has 0 aliphatic heterocycles. The topological polar surface area (TPSA) is 43.4 Å². The summed E-state index contributed by atoms with van der Waals surface area (Å²) in [6.07, 6.45) is 0. The third kappa shape index (κ3) is 3.79. The standard InChI is InChI=1S/C15H10Cl2O3S/c1-20-14(18)10-4-2-3-5-13(10)21-15(19)9-6-7-11(16)12(17)8-9/h2-8H,1H3. The number of benzene rings is 2. The zero-order valence-corrected chi connectivity index (χ0v) is 13.3. The van der Waals surface area contributed by atoms with Crippen molar-refractivity contribution in [3.63, 3.8) is 0 Å². The molecule has 2 aromatic rings. The summed E-state index contributed by atoms with van der Waals surface area (Å²) in [5, 5.41) is 0.461. The number of thioether (sulfide) groups is 1. The van der Waals surface area contributed by atoms with Crippen LogP contribution < -0.4 is 0 Å². The molecular formula is C15H10Cl2O3S. The number of carbonyl (C=O) groups is 2. The van der Waals surface area contributed by atoms with E-state index < -0.39 is 5.97 Å². The third-order valence-electron chi connectivity index (χ3n) is 2.65. The molecule has 0 aliphatic rings. The molecule has 3 nitrogen and oxygen atoms in total. The smallest absolute Gasteiger partial charge is 0.339 e. The number of hydrogen-bond donors (Lipinski definition) is 0. The van der Waals surface area contributed by atoms with Crippen LogP contribution in [0, 0.1) is 0 Å². The Balaban J connectivity index is 2.27. The van der Waals surface area contributed by atoms with E-state index >= 15 is 0 Å². The number of halogens is 2. The number of rotatable bonds is 3. The molecule has 0 fully saturated rings. The molecule has 0 N–H and O–H groups in total. The van der Waals surface area contributed by atoms with Crippen molar-refractivity contribution in [1.82, 2.24) is 0 Å². The summed E-state index contributed by atoms with van der Waals surface area (Å²) in [5.41, 5.74) is 0.757. The average Bonchev–Trinajstić information content (AvgIpc) is 2.49.